The van der Waals surface area contributed by atoms with Gasteiger partial charge in [-0.25, -0.2) is 4.98 Å². The number of aromatic nitrogens is 4. The van der Waals surface area contributed by atoms with Gasteiger partial charge in [0.05, 0.1) is 17.2 Å². The molecule has 1 aromatic carbocycles. The number of hydrogen-bond acceptors (Lipinski definition) is 4. The molecular weight excluding hydrogens is 258 g/mol. The number of H-pyrrole nitrogens is 1. The number of hydrogen-bond donors (Lipinski definition) is 2. The lowest BCUT2D eigenvalue weighted by atomic mass is 10.3. The molecule has 5 nitrogen and oxygen atoms in total. The number of nitrogens with two attached hydrogens (primary N) is 1. The first-order valence-electron chi connectivity index (χ1n) is 6.06. The summed E-state index contributed by atoms with van der Waals surface area (Å²) in [6, 6.07) is 5.72. The highest BCUT2D eigenvalue weighted by Gasteiger charge is 2.04. The van der Waals surface area contributed by atoms with Gasteiger partial charge in [-0.3, -0.25) is 4.68 Å². The molecule has 0 saturated heterocycles. The van der Waals surface area contributed by atoms with Crippen molar-refractivity contribution in [2.24, 2.45) is 7.05 Å². The van der Waals surface area contributed by atoms with Crippen molar-refractivity contribution in [3.05, 3.63) is 36.2 Å². The molecular formula is C13H15N5S. The van der Waals surface area contributed by atoms with E-state index in [1.807, 2.05) is 42.3 Å². The van der Waals surface area contributed by atoms with Crippen molar-refractivity contribution >= 4 is 28.5 Å². The zero-order chi connectivity index (χ0) is 13.2. The third-order valence-corrected chi connectivity index (χ3v) is 3.75. The van der Waals surface area contributed by atoms with Gasteiger partial charge < -0.3 is 10.7 Å². The second kappa shape index (κ2) is 4.97. The van der Waals surface area contributed by atoms with Crippen molar-refractivity contribution in [3.8, 4) is 0 Å². The SMILES string of the molecule is Cn1cc(CCSc2nc3ccc(N)cc3[nH]2)cn1. The lowest BCUT2D eigenvalue weighted by molar-refractivity contribution is 0.767. The maximum absolute atomic E-state index is 5.75. The summed E-state index contributed by atoms with van der Waals surface area (Å²) in [5.41, 5.74) is 9.69. The predicted molar refractivity (Wildman–Crippen MR) is 78.1 cm³/mol. The molecule has 3 N–H and O–H groups in total. The van der Waals surface area contributed by atoms with Gasteiger partial charge >= 0.3 is 0 Å². The van der Waals surface area contributed by atoms with Gasteiger partial charge in [0.25, 0.3) is 0 Å². The summed E-state index contributed by atoms with van der Waals surface area (Å²) in [4.78, 5) is 7.80. The highest BCUT2D eigenvalue weighted by atomic mass is 32.2. The van der Waals surface area contributed by atoms with Gasteiger partial charge in [-0.05, 0) is 30.2 Å². The minimum absolute atomic E-state index is 0.753. The van der Waals surface area contributed by atoms with Gasteiger partial charge in [0.15, 0.2) is 5.16 Å². The van der Waals surface area contributed by atoms with E-state index in [2.05, 4.69) is 15.1 Å². The standard InChI is InChI=1S/C13H15N5S/c1-18-8-9(7-15-18)4-5-19-13-16-11-3-2-10(14)6-12(11)17-13/h2-3,6-8H,4-5,14H2,1H3,(H,16,17). The van der Waals surface area contributed by atoms with Crippen LogP contribution >= 0.6 is 11.8 Å². The zero-order valence-electron chi connectivity index (χ0n) is 10.6. The summed E-state index contributed by atoms with van der Waals surface area (Å²) < 4.78 is 1.82. The number of anilines is 1. The number of nitrogens with one attached hydrogen (secondary N) is 1. The molecule has 0 saturated carbocycles. The van der Waals surface area contributed by atoms with Crippen molar-refractivity contribution < 1.29 is 0 Å². The zero-order valence-corrected chi connectivity index (χ0v) is 11.4. The summed E-state index contributed by atoms with van der Waals surface area (Å²) in [7, 11) is 1.93. The Labute approximate surface area is 115 Å². The molecule has 19 heavy (non-hydrogen) atoms. The molecule has 6 heteroatoms. The number of thioether (sulfide) groups is 1. The topological polar surface area (TPSA) is 72.5 Å². The summed E-state index contributed by atoms with van der Waals surface area (Å²) in [5.74, 6) is 0.973. The van der Waals surface area contributed by atoms with E-state index in [9.17, 15) is 0 Å². The lowest BCUT2D eigenvalue weighted by Gasteiger charge is -1.95. The Morgan fingerprint density at radius 1 is 1.42 bits per heavy atom. The molecule has 0 atom stereocenters. The Hall–Kier alpha value is -1.95. The smallest absolute Gasteiger partial charge is 0.166 e. The Balaban J connectivity index is 1.65. The first-order valence-corrected chi connectivity index (χ1v) is 7.05. The molecule has 0 bridgehead atoms. The molecule has 0 spiro atoms. The van der Waals surface area contributed by atoms with Crippen molar-refractivity contribution in [1.82, 2.24) is 19.7 Å². The van der Waals surface area contributed by atoms with Gasteiger partial charge in [0.1, 0.15) is 0 Å². The number of aromatic amines is 1. The fourth-order valence-corrected chi connectivity index (χ4v) is 2.81. The van der Waals surface area contributed by atoms with Crippen LogP contribution in [0.15, 0.2) is 35.7 Å². The van der Waals surface area contributed by atoms with Crippen molar-refractivity contribution in [2.45, 2.75) is 11.6 Å². The average molecular weight is 273 g/mol. The second-order valence-electron chi connectivity index (χ2n) is 4.44. The molecule has 0 aliphatic heterocycles. The quantitative estimate of drug-likeness (QED) is 0.564. The molecule has 0 unspecified atom stereocenters. The molecule has 3 rings (SSSR count). The summed E-state index contributed by atoms with van der Waals surface area (Å²) >= 11 is 1.71. The number of imidazole rings is 1. The maximum Gasteiger partial charge on any atom is 0.166 e. The molecule has 98 valence electrons. The average Bonchev–Trinajstić information content (AvgIpc) is 2.95. The number of benzene rings is 1. The van der Waals surface area contributed by atoms with Crippen LogP contribution in [-0.2, 0) is 13.5 Å². The molecule has 3 aromatic rings. The fraction of sp³-hybridized carbons (Fsp3) is 0.231. The van der Waals surface area contributed by atoms with Gasteiger partial charge in [-0.15, -0.1) is 0 Å². The van der Waals surface area contributed by atoms with Crippen molar-refractivity contribution in [3.63, 3.8) is 0 Å². The van der Waals surface area contributed by atoms with E-state index in [0.717, 1.165) is 34.1 Å². The largest absolute Gasteiger partial charge is 0.399 e. The first-order chi connectivity index (χ1) is 9.20. The van der Waals surface area contributed by atoms with Crippen LogP contribution in [0.3, 0.4) is 0 Å². The van der Waals surface area contributed by atoms with E-state index in [4.69, 9.17) is 5.73 Å². The lowest BCUT2D eigenvalue weighted by Crippen LogP contribution is -1.88. The van der Waals surface area contributed by atoms with Crippen LogP contribution in [0, 0.1) is 0 Å². The monoisotopic (exact) mass is 273 g/mol. The van der Waals surface area contributed by atoms with Crippen LogP contribution in [-0.4, -0.2) is 25.5 Å². The predicted octanol–water partition coefficient (Wildman–Crippen LogP) is 2.21. The van der Waals surface area contributed by atoms with E-state index in [1.54, 1.807) is 11.8 Å². The maximum atomic E-state index is 5.75. The number of rotatable bonds is 4. The summed E-state index contributed by atoms with van der Waals surface area (Å²) in [6.07, 6.45) is 4.93. The molecule has 0 aliphatic rings. The third-order valence-electron chi connectivity index (χ3n) is 2.87. The van der Waals surface area contributed by atoms with E-state index >= 15 is 0 Å². The summed E-state index contributed by atoms with van der Waals surface area (Å²) in [6.45, 7) is 0. The van der Waals surface area contributed by atoms with Crippen molar-refractivity contribution in [2.75, 3.05) is 11.5 Å². The normalized spacial score (nSPS) is 11.2. The van der Waals surface area contributed by atoms with E-state index in [0.29, 0.717) is 0 Å². The Morgan fingerprint density at radius 3 is 3.11 bits per heavy atom. The highest BCUT2D eigenvalue weighted by Crippen LogP contribution is 2.21. The summed E-state index contributed by atoms with van der Waals surface area (Å²) in [5, 5.41) is 5.09. The van der Waals surface area contributed by atoms with E-state index < -0.39 is 0 Å². The molecule has 2 aromatic heterocycles. The number of fused-ring (bicyclic) bond motifs is 1. The first kappa shape index (κ1) is 12.1. The van der Waals surface area contributed by atoms with Crippen LogP contribution < -0.4 is 5.73 Å². The van der Waals surface area contributed by atoms with Gasteiger partial charge in [-0.1, -0.05) is 11.8 Å². The number of aryl methyl sites for hydroxylation is 2. The molecule has 0 aliphatic carbocycles. The van der Waals surface area contributed by atoms with E-state index in [-0.39, 0.29) is 0 Å². The Morgan fingerprint density at radius 2 is 2.32 bits per heavy atom. The van der Waals surface area contributed by atoms with Gasteiger partial charge in [0.2, 0.25) is 0 Å². The van der Waals surface area contributed by atoms with Crippen LogP contribution in [0.1, 0.15) is 5.56 Å². The Kier molecular flexibility index (Phi) is 3.16. The molecule has 0 radical (unpaired) electrons. The van der Waals surface area contributed by atoms with Crippen molar-refractivity contribution in [1.29, 1.82) is 0 Å². The fourth-order valence-electron chi connectivity index (χ4n) is 1.94. The molecule has 0 fully saturated rings. The minimum atomic E-state index is 0.753. The van der Waals surface area contributed by atoms with Gasteiger partial charge in [0, 0.05) is 24.7 Å². The number of nitrogens with zero attached hydrogens (tertiary/aromatic N) is 3. The van der Waals surface area contributed by atoms with Crippen LogP contribution in [0.4, 0.5) is 5.69 Å². The Bertz CT molecular complexity index is 700. The third kappa shape index (κ3) is 2.73. The highest BCUT2D eigenvalue weighted by molar-refractivity contribution is 7.99. The van der Waals surface area contributed by atoms with Crippen LogP contribution in [0.2, 0.25) is 0 Å². The van der Waals surface area contributed by atoms with Crippen LogP contribution in [0.25, 0.3) is 11.0 Å². The second-order valence-corrected chi connectivity index (χ2v) is 5.52. The molecule has 0 amide bonds. The molecule has 2 heterocycles. The van der Waals surface area contributed by atoms with E-state index in [1.165, 1.54) is 5.56 Å². The van der Waals surface area contributed by atoms with Gasteiger partial charge in [-0.2, -0.15) is 5.10 Å². The number of nitrogen functional groups attached to an aromatic ring is 1. The minimum Gasteiger partial charge on any atom is -0.399 e. The van der Waals surface area contributed by atoms with Crippen LogP contribution in [0.5, 0.6) is 0 Å².